The van der Waals surface area contributed by atoms with E-state index in [0.717, 1.165) is 48.2 Å². The van der Waals surface area contributed by atoms with Gasteiger partial charge in [-0.25, -0.2) is 0 Å². The average molecular weight is 408 g/mol. The number of amides is 2. The Balaban J connectivity index is 1.56. The Morgan fingerprint density at radius 3 is 2.73 bits per heavy atom. The van der Waals surface area contributed by atoms with E-state index in [-0.39, 0.29) is 17.7 Å². The molecule has 2 aromatic rings. The van der Waals surface area contributed by atoms with E-state index in [4.69, 9.17) is 9.47 Å². The maximum absolute atomic E-state index is 12.9. The number of hydrogen-bond acceptors (Lipinski definition) is 4. The summed E-state index contributed by atoms with van der Waals surface area (Å²) in [5.74, 6) is 1.54. The number of para-hydroxylation sites is 1. The van der Waals surface area contributed by atoms with Gasteiger partial charge in [-0.1, -0.05) is 31.0 Å². The van der Waals surface area contributed by atoms with Gasteiger partial charge in [0, 0.05) is 35.8 Å². The molecule has 0 bridgehead atoms. The highest BCUT2D eigenvalue weighted by Gasteiger charge is 2.29. The molecule has 1 saturated carbocycles. The van der Waals surface area contributed by atoms with E-state index >= 15 is 0 Å². The van der Waals surface area contributed by atoms with Crippen LogP contribution in [0.5, 0.6) is 11.5 Å². The minimum Gasteiger partial charge on any atom is -0.496 e. The van der Waals surface area contributed by atoms with E-state index in [2.05, 4.69) is 5.32 Å². The van der Waals surface area contributed by atoms with Crippen LogP contribution in [-0.2, 0) is 22.7 Å². The quantitative estimate of drug-likeness (QED) is 0.808. The van der Waals surface area contributed by atoms with Crippen molar-refractivity contribution in [2.75, 3.05) is 12.4 Å². The summed E-state index contributed by atoms with van der Waals surface area (Å²) in [6.45, 7) is 2.60. The zero-order valence-corrected chi connectivity index (χ0v) is 17.5. The number of carbonyl (C=O) groups is 2. The van der Waals surface area contributed by atoms with E-state index in [1.54, 1.807) is 18.9 Å². The van der Waals surface area contributed by atoms with Crippen LogP contribution in [0.3, 0.4) is 0 Å². The Labute approximate surface area is 177 Å². The van der Waals surface area contributed by atoms with Gasteiger partial charge in [0.05, 0.1) is 7.11 Å². The molecule has 0 spiro atoms. The van der Waals surface area contributed by atoms with Crippen LogP contribution in [0, 0.1) is 5.92 Å². The summed E-state index contributed by atoms with van der Waals surface area (Å²) in [5.41, 5.74) is 2.56. The van der Waals surface area contributed by atoms with Crippen LogP contribution < -0.4 is 14.8 Å². The Bertz CT molecular complexity index is 937. The Kier molecular flexibility index (Phi) is 5.93. The van der Waals surface area contributed by atoms with Gasteiger partial charge >= 0.3 is 0 Å². The van der Waals surface area contributed by atoms with Crippen LogP contribution >= 0.6 is 0 Å². The molecule has 0 saturated heterocycles. The molecule has 4 rings (SSSR count). The summed E-state index contributed by atoms with van der Waals surface area (Å²) in [6, 6.07) is 13.3. The van der Waals surface area contributed by atoms with Gasteiger partial charge in [-0.3, -0.25) is 9.59 Å². The molecule has 0 radical (unpaired) electrons. The molecule has 1 aliphatic heterocycles. The first-order valence-electron chi connectivity index (χ1n) is 10.6. The van der Waals surface area contributed by atoms with E-state index in [9.17, 15) is 9.59 Å². The molecule has 30 heavy (non-hydrogen) atoms. The number of methoxy groups -OCH3 is 1. The van der Waals surface area contributed by atoms with Gasteiger partial charge in [0.1, 0.15) is 11.5 Å². The number of anilines is 1. The Morgan fingerprint density at radius 1 is 1.20 bits per heavy atom. The van der Waals surface area contributed by atoms with Crippen LogP contribution in [0.1, 0.15) is 43.7 Å². The standard InChI is InChI=1S/C24H28N2O4/c1-16-24(28)26(14-18-9-5-6-10-21(18)29-2)15-19-13-20(11-12-22(19)30-16)25-23(27)17-7-3-4-8-17/h5-6,9-13,16-17H,3-4,7-8,14-15H2,1-2H3,(H,25,27)/t16-/m1/s1. The minimum atomic E-state index is -0.583. The summed E-state index contributed by atoms with van der Waals surface area (Å²) in [4.78, 5) is 27.2. The fourth-order valence-electron chi connectivity index (χ4n) is 4.28. The normalized spacial score (nSPS) is 19.1. The SMILES string of the molecule is COc1ccccc1CN1Cc2cc(NC(=O)C3CCCC3)ccc2O[C@H](C)C1=O. The lowest BCUT2D eigenvalue weighted by atomic mass is 10.1. The lowest BCUT2D eigenvalue weighted by Gasteiger charge is -2.23. The van der Waals surface area contributed by atoms with Gasteiger partial charge in [0.25, 0.3) is 5.91 Å². The van der Waals surface area contributed by atoms with Crippen molar-refractivity contribution in [2.24, 2.45) is 5.92 Å². The molecule has 6 heteroatoms. The van der Waals surface area contributed by atoms with Gasteiger partial charge in [-0.2, -0.15) is 0 Å². The molecule has 158 valence electrons. The van der Waals surface area contributed by atoms with E-state index in [1.807, 2.05) is 42.5 Å². The van der Waals surface area contributed by atoms with Crippen LogP contribution in [0.25, 0.3) is 0 Å². The van der Waals surface area contributed by atoms with Crippen molar-refractivity contribution >= 4 is 17.5 Å². The second-order valence-corrected chi connectivity index (χ2v) is 8.06. The molecule has 0 unspecified atom stereocenters. The molecule has 1 heterocycles. The summed E-state index contributed by atoms with van der Waals surface area (Å²) in [7, 11) is 1.63. The smallest absolute Gasteiger partial charge is 0.263 e. The summed E-state index contributed by atoms with van der Waals surface area (Å²) in [6.07, 6.45) is 3.57. The highest BCUT2D eigenvalue weighted by molar-refractivity contribution is 5.93. The van der Waals surface area contributed by atoms with E-state index in [0.29, 0.717) is 18.8 Å². The maximum atomic E-state index is 12.9. The monoisotopic (exact) mass is 408 g/mol. The average Bonchev–Trinajstić information content (AvgIpc) is 3.26. The fourth-order valence-corrected chi connectivity index (χ4v) is 4.28. The number of nitrogens with one attached hydrogen (secondary N) is 1. The second-order valence-electron chi connectivity index (χ2n) is 8.06. The highest BCUT2D eigenvalue weighted by atomic mass is 16.5. The predicted molar refractivity (Wildman–Crippen MR) is 114 cm³/mol. The van der Waals surface area contributed by atoms with Crippen molar-refractivity contribution in [1.82, 2.24) is 4.90 Å². The summed E-state index contributed by atoms with van der Waals surface area (Å²) < 4.78 is 11.4. The number of hydrogen-bond donors (Lipinski definition) is 1. The first-order chi connectivity index (χ1) is 14.5. The molecule has 1 aliphatic carbocycles. The summed E-state index contributed by atoms with van der Waals surface area (Å²) >= 11 is 0. The number of carbonyl (C=O) groups excluding carboxylic acids is 2. The van der Waals surface area contributed by atoms with Crippen molar-refractivity contribution in [2.45, 2.75) is 51.8 Å². The maximum Gasteiger partial charge on any atom is 0.263 e. The first kappa shape index (κ1) is 20.3. The molecule has 1 fully saturated rings. The van der Waals surface area contributed by atoms with Gasteiger partial charge in [-0.05, 0) is 44.0 Å². The molecule has 0 aromatic heterocycles. The molecule has 2 amide bonds. The summed E-state index contributed by atoms with van der Waals surface area (Å²) in [5, 5.41) is 3.04. The van der Waals surface area contributed by atoms with E-state index < -0.39 is 6.10 Å². The minimum absolute atomic E-state index is 0.0753. The molecule has 6 nitrogen and oxygen atoms in total. The van der Waals surface area contributed by atoms with Crippen LogP contribution in [0.2, 0.25) is 0 Å². The number of ether oxygens (including phenoxy) is 2. The third-order valence-corrected chi connectivity index (χ3v) is 5.93. The zero-order valence-electron chi connectivity index (χ0n) is 17.5. The predicted octanol–water partition coefficient (Wildman–Crippen LogP) is 4.13. The van der Waals surface area contributed by atoms with Crippen molar-refractivity contribution in [3.05, 3.63) is 53.6 Å². The fraction of sp³-hybridized carbons (Fsp3) is 0.417. The molecular weight excluding hydrogens is 380 g/mol. The van der Waals surface area contributed by atoms with E-state index in [1.165, 1.54) is 0 Å². The molecule has 1 N–H and O–H groups in total. The number of benzene rings is 2. The molecule has 2 aromatic carbocycles. The van der Waals surface area contributed by atoms with Crippen LogP contribution in [-0.4, -0.2) is 29.9 Å². The molecule has 2 aliphatic rings. The van der Waals surface area contributed by atoms with Crippen molar-refractivity contribution in [3.8, 4) is 11.5 Å². The van der Waals surface area contributed by atoms with Gasteiger partial charge in [0.15, 0.2) is 6.10 Å². The van der Waals surface area contributed by atoms with Crippen molar-refractivity contribution < 1.29 is 19.1 Å². The van der Waals surface area contributed by atoms with Gasteiger partial charge in [-0.15, -0.1) is 0 Å². The number of fused-ring (bicyclic) bond motifs is 1. The van der Waals surface area contributed by atoms with Crippen molar-refractivity contribution in [3.63, 3.8) is 0 Å². The first-order valence-corrected chi connectivity index (χ1v) is 10.6. The van der Waals surface area contributed by atoms with Crippen LogP contribution in [0.15, 0.2) is 42.5 Å². The third kappa shape index (κ3) is 4.27. The Hall–Kier alpha value is -3.02. The van der Waals surface area contributed by atoms with Gasteiger partial charge in [0.2, 0.25) is 5.91 Å². The molecular formula is C24H28N2O4. The zero-order chi connectivity index (χ0) is 21.1. The second kappa shape index (κ2) is 8.78. The number of rotatable bonds is 5. The lowest BCUT2D eigenvalue weighted by molar-refractivity contribution is -0.138. The highest BCUT2D eigenvalue weighted by Crippen LogP contribution is 2.31. The lowest BCUT2D eigenvalue weighted by Crippen LogP contribution is -2.37. The van der Waals surface area contributed by atoms with Gasteiger partial charge < -0.3 is 19.7 Å². The largest absolute Gasteiger partial charge is 0.496 e. The topological polar surface area (TPSA) is 67.9 Å². The van der Waals surface area contributed by atoms with Crippen molar-refractivity contribution in [1.29, 1.82) is 0 Å². The Morgan fingerprint density at radius 2 is 1.97 bits per heavy atom. The van der Waals surface area contributed by atoms with Crippen LogP contribution in [0.4, 0.5) is 5.69 Å². The molecule has 1 atom stereocenters. The third-order valence-electron chi connectivity index (χ3n) is 5.93. The number of nitrogens with zero attached hydrogens (tertiary/aromatic N) is 1.